The number of aryl methyl sites for hydroxylation is 1. The summed E-state index contributed by atoms with van der Waals surface area (Å²) in [6.45, 7) is 1.54. The molecule has 2 aromatic carbocycles. The van der Waals surface area contributed by atoms with E-state index >= 15 is 0 Å². The molecule has 1 aromatic heterocycles. The summed E-state index contributed by atoms with van der Waals surface area (Å²) in [6, 6.07) is 12.1. The normalized spacial score (nSPS) is 11.3. The third kappa shape index (κ3) is 5.84. The van der Waals surface area contributed by atoms with Gasteiger partial charge >= 0.3 is 6.18 Å². The highest BCUT2D eigenvalue weighted by atomic mass is 32.2. The van der Waals surface area contributed by atoms with Crippen molar-refractivity contribution in [1.82, 2.24) is 25.1 Å². The molecule has 8 nitrogen and oxygen atoms in total. The fourth-order valence-electron chi connectivity index (χ4n) is 2.69. The summed E-state index contributed by atoms with van der Waals surface area (Å²) in [5, 5.41) is 14.0. The average Bonchev–Trinajstić information content (AvgIpc) is 3.20. The van der Waals surface area contributed by atoms with Crippen LogP contribution < -0.4 is 5.32 Å². The molecule has 3 aromatic rings. The second-order valence-corrected chi connectivity index (χ2v) is 7.78. The molecule has 3 rings (SSSR count). The fourth-order valence-corrected chi connectivity index (χ4v) is 3.52. The van der Waals surface area contributed by atoms with E-state index in [1.165, 1.54) is 23.9 Å². The predicted molar refractivity (Wildman–Crippen MR) is 112 cm³/mol. The van der Waals surface area contributed by atoms with Crippen molar-refractivity contribution < 1.29 is 22.8 Å². The van der Waals surface area contributed by atoms with E-state index in [0.29, 0.717) is 5.16 Å². The molecule has 168 valence electrons. The first-order valence-corrected chi connectivity index (χ1v) is 10.3. The van der Waals surface area contributed by atoms with Gasteiger partial charge in [-0.3, -0.25) is 9.59 Å². The molecule has 2 amide bonds. The van der Waals surface area contributed by atoms with Gasteiger partial charge in [0.1, 0.15) is 0 Å². The predicted octanol–water partition coefficient (Wildman–Crippen LogP) is 3.18. The molecule has 0 aliphatic carbocycles. The van der Waals surface area contributed by atoms with E-state index in [0.717, 1.165) is 40.0 Å². The number of thioether (sulfide) groups is 1. The highest BCUT2D eigenvalue weighted by Gasteiger charge is 2.33. The Bertz CT molecular complexity index is 1100. The number of anilines is 1. The maximum atomic E-state index is 13.1. The van der Waals surface area contributed by atoms with Crippen molar-refractivity contribution in [3.63, 3.8) is 0 Å². The monoisotopic (exact) mass is 464 g/mol. The number of benzene rings is 2. The molecule has 1 heterocycles. The van der Waals surface area contributed by atoms with Gasteiger partial charge in [0.25, 0.3) is 0 Å². The molecular weight excluding hydrogens is 445 g/mol. The number of likely N-dealkylation sites (N-methyl/N-ethyl adjacent to an activating group) is 1. The number of halogens is 3. The molecule has 0 fully saturated rings. The Morgan fingerprint density at radius 2 is 1.81 bits per heavy atom. The van der Waals surface area contributed by atoms with Crippen LogP contribution in [-0.2, 0) is 15.8 Å². The minimum atomic E-state index is -4.61. The highest BCUT2D eigenvalue weighted by Crippen LogP contribution is 2.34. The third-order valence-electron chi connectivity index (χ3n) is 4.36. The Hall–Kier alpha value is -3.41. The molecule has 32 heavy (non-hydrogen) atoms. The Labute approximate surface area is 185 Å². The first-order chi connectivity index (χ1) is 15.1. The Morgan fingerprint density at radius 1 is 1.12 bits per heavy atom. The molecule has 1 N–H and O–H groups in total. The standard InChI is InChI=1S/C20H19F3N6O2S/c1-13-7-9-14(10-8-13)29-19(25-26-27-29)32-12-18(31)28(2)11-17(30)24-16-6-4-3-5-15(16)20(21,22)23/h3-10H,11-12H2,1-2H3,(H,24,30). The SMILES string of the molecule is Cc1ccc(-n2nnnc2SCC(=O)N(C)CC(=O)Nc2ccccc2C(F)(F)F)cc1. The van der Waals surface area contributed by atoms with Crippen molar-refractivity contribution in [2.24, 2.45) is 0 Å². The largest absolute Gasteiger partial charge is 0.418 e. The molecule has 0 radical (unpaired) electrons. The van der Waals surface area contributed by atoms with Crippen LogP contribution in [0.3, 0.4) is 0 Å². The van der Waals surface area contributed by atoms with Crippen molar-refractivity contribution in [3.8, 4) is 5.69 Å². The van der Waals surface area contributed by atoms with Gasteiger partial charge in [-0.2, -0.15) is 17.9 Å². The minimum absolute atomic E-state index is 0.0604. The highest BCUT2D eigenvalue weighted by molar-refractivity contribution is 7.99. The molecule has 0 saturated carbocycles. The molecular formula is C20H19F3N6O2S. The van der Waals surface area contributed by atoms with Crippen LogP contribution in [0.5, 0.6) is 0 Å². The number of aromatic nitrogens is 4. The number of nitrogens with one attached hydrogen (secondary N) is 1. The van der Waals surface area contributed by atoms with E-state index in [9.17, 15) is 22.8 Å². The lowest BCUT2D eigenvalue weighted by atomic mass is 10.1. The number of tetrazole rings is 1. The lowest BCUT2D eigenvalue weighted by Crippen LogP contribution is -2.36. The molecule has 12 heteroatoms. The maximum absolute atomic E-state index is 13.1. The second-order valence-electron chi connectivity index (χ2n) is 6.84. The lowest BCUT2D eigenvalue weighted by Gasteiger charge is -2.18. The number of hydrogen-bond donors (Lipinski definition) is 1. The zero-order valence-corrected chi connectivity index (χ0v) is 17.9. The number of para-hydroxylation sites is 1. The average molecular weight is 464 g/mol. The quantitative estimate of drug-likeness (QED) is 0.540. The van der Waals surface area contributed by atoms with Gasteiger partial charge < -0.3 is 10.2 Å². The van der Waals surface area contributed by atoms with Crippen LogP contribution >= 0.6 is 11.8 Å². The smallest absolute Gasteiger partial charge is 0.336 e. The second kappa shape index (κ2) is 9.81. The number of alkyl halides is 3. The van der Waals surface area contributed by atoms with Crippen LogP contribution in [0.2, 0.25) is 0 Å². The van der Waals surface area contributed by atoms with E-state index in [2.05, 4.69) is 20.8 Å². The topological polar surface area (TPSA) is 93.0 Å². The van der Waals surface area contributed by atoms with E-state index in [1.54, 1.807) is 0 Å². The van der Waals surface area contributed by atoms with E-state index in [1.807, 2.05) is 31.2 Å². The van der Waals surface area contributed by atoms with Gasteiger partial charge in [-0.25, -0.2) is 0 Å². The molecule has 0 aliphatic rings. The summed E-state index contributed by atoms with van der Waals surface area (Å²) < 4.78 is 40.7. The van der Waals surface area contributed by atoms with Gasteiger partial charge in [0, 0.05) is 7.05 Å². The van der Waals surface area contributed by atoms with Crippen molar-refractivity contribution in [1.29, 1.82) is 0 Å². The van der Waals surface area contributed by atoms with Crippen LogP contribution in [0.4, 0.5) is 18.9 Å². The van der Waals surface area contributed by atoms with Crippen LogP contribution in [0.25, 0.3) is 5.69 Å². The van der Waals surface area contributed by atoms with Crippen LogP contribution in [0.15, 0.2) is 53.7 Å². The van der Waals surface area contributed by atoms with Gasteiger partial charge in [0.15, 0.2) is 0 Å². The van der Waals surface area contributed by atoms with Crippen molar-refractivity contribution in [3.05, 3.63) is 59.7 Å². The summed E-state index contributed by atoms with van der Waals surface area (Å²) in [7, 11) is 1.39. The maximum Gasteiger partial charge on any atom is 0.418 e. The minimum Gasteiger partial charge on any atom is -0.336 e. The van der Waals surface area contributed by atoms with Gasteiger partial charge in [-0.05, 0) is 41.6 Å². The van der Waals surface area contributed by atoms with E-state index < -0.39 is 30.1 Å². The van der Waals surface area contributed by atoms with Crippen LogP contribution in [0.1, 0.15) is 11.1 Å². The summed E-state index contributed by atoms with van der Waals surface area (Å²) in [5.74, 6) is -1.21. The molecule has 0 saturated heterocycles. The number of carbonyl (C=O) groups is 2. The summed E-state index contributed by atoms with van der Waals surface area (Å²) in [6.07, 6.45) is -4.61. The summed E-state index contributed by atoms with van der Waals surface area (Å²) in [5.41, 5.74) is 0.480. The van der Waals surface area contributed by atoms with Crippen LogP contribution in [0, 0.1) is 6.92 Å². The number of amides is 2. The zero-order chi connectivity index (χ0) is 23.3. The Morgan fingerprint density at radius 3 is 2.50 bits per heavy atom. The van der Waals surface area contributed by atoms with E-state index in [-0.39, 0.29) is 11.4 Å². The van der Waals surface area contributed by atoms with E-state index in [4.69, 9.17) is 0 Å². The summed E-state index contributed by atoms with van der Waals surface area (Å²) in [4.78, 5) is 25.7. The Balaban J connectivity index is 1.57. The van der Waals surface area contributed by atoms with Gasteiger partial charge in [0.2, 0.25) is 17.0 Å². The molecule has 0 unspecified atom stereocenters. The molecule has 0 atom stereocenters. The molecule has 0 bridgehead atoms. The zero-order valence-electron chi connectivity index (χ0n) is 17.1. The van der Waals surface area contributed by atoms with Gasteiger partial charge in [0.05, 0.1) is 29.2 Å². The van der Waals surface area contributed by atoms with Crippen LogP contribution in [-0.4, -0.2) is 56.3 Å². The van der Waals surface area contributed by atoms with Crippen molar-refractivity contribution >= 4 is 29.3 Å². The number of nitrogens with zero attached hydrogens (tertiary/aromatic N) is 5. The van der Waals surface area contributed by atoms with Crippen molar-refractivity contribution in [2.45, 2.75) is 18.3 Å². The Kier molecular flexibility index (Phi) is 7.13. The molecule has 0 spiro atoms. The lowest BCUT2D eigenvalue weighted by molar-refractivity contribution is -0.137. The number of rotatable bonds is 7. The number of carbonyl (C=O) groups excluding carboxylic acids is 2. The third-order valence-corrected chi connectivity index (χ3v) is 5.26. The summed E-state index contributed by atoms with van der Waals surface area (Å²) >= 11 is 1.08. The first-order valence-electron chi connectivity index (χ1n) is 9.33. The fraction of sp³-hybridized carbons (Fsp3) is 0.250. The first kappa shape index (κ1) is 23.3. The van der Waals surface area contributed by atoms with Gasteiger partial charge in [-0.1, -0.05) is 41.6 Å². The number of hydrogen-bond acceptors (Lipinski definition) is 6. The van der Waals surface area contributed by atoms with Crippen molar-refractivity contribution in [2.75, 3.05) is 24.7 Å². The molecule has 0 aliphatic heterocycles. The van der Waals surface area contributed by atoms with Gasteiger partial charge in [-0.15, -0.1) is 5.10 Å².